The number of nitro groups is 1. The second-order valence-electron chi connectivity index (χ2n) is 5.87. The third kappa shape index (κ3) is 2.33. The Labute approximate surface area is 148 Å². The Morgan fingerprint density at radius 2 is 1.96 bits per heavy atom. The van der Waals surface area contributed by atoms with Crippen molar-refractivity contribution < 1.29 is 14.8 Å². The van der Waals surface area contributed by atoms with Gasteiger partial charge >= 0.3 is 5.70 Å². The molecule has 0 aliphatic carbocycles. The number of phenols is 1. The number of nitrogens with one attached hydrogen (secondary N) is 1. The van der Waals surface area contributed by atoms with Gasteiger partial charge in [0.05, 0.1) is 4.92 Å². The van der Waals surface area contributed by atoms with E-state index in [-0.39, 0.29) is 17.3 Å². The summed E-state index contributed by atoms with van der Waals surface area (Å²) in [5.41, 5.74) is 1.27. The van der Waals surface area contributed by atoms with E-state index in [1.54, 1.807) is 55.7 Å². The zero-order valence-corrected chi connectivity index (χ0v) is 13.8. The topological polar surface area (TPSA) is 97.5 Å². The number of benzene rings is 2. The summed E-state index contributed by atoms with van der Waals surface area (Å²) in [6.45, 7) is 0. The number of ether oxygens (including phenoxy) is 1. The number of pyridine rings is 1. The van der Waals surface area contributed by atoms with Gasteiger partial charge in [0.25, 0.3) is 5.88 Å². The third-order valence-electron chi connectivity index (χ3n) is 4.46. The van der Waals surface area contributed by atoms with Gasteiger partial charge in [-0.3, -0.25) is 15.1 Å². The van der Waals surface area contributed by atoms with Crippen LogP contribution in [0.3, 0.4) is 0 Å². The molecule has 0 bridgehead atoms. The molecule has 3 aromatic rings. The molecule has 1 aromatic heterocycles. The number of hydrogen-bond acceptors (Lipinski definition) is 6. The number of aromatic nitrogens is 1. The minimum Gasteiger partial charge on any atom is -0.505 e. The Kier molecular flexibility index (Phi) is 3.69. The first kappa shape index (κ1) is 15.9. The van der Waals surface area contributed by atoms with Crippen LogP contribution in [0, 0.1) is 10.1 Å². The van der Waals surface area contributed by atoms with Crippen LogP contribution in [0.5, 0.6) is 11.5 Å². The van der Waals surface area contributed by atoms with Gasteiger partial charge < -0.3 is 15.2 Å². The van der Waals surface area contributed by atoms with Crippen LogP contribution in [-0.4, -0.2) is 22.1 Å². The molecule has 26 heavy (non-hydrogen) atoms. The maximum Gasteiger partial charge on any atom is 0.317 e. The van der Waals surface area contributed by atoms with Crippen LogP contribution in [0.1, 0.15) is 17.0 Å². The van der Waals surface area contributed by atoms with E-state index >= 15 is 0 Å². The second kappa shape index (κ2) is 6.03. The average molecular weight is 349 g/mol. The Morgan fingerprint density at radius 1 is 1.15 bits per heavy atom. The van der Waals surface area contributed by atoms with Gasteiger partial charge in [-0.05, 0) is 12.1 Å². The van der Waals surface area contributed by atoms with E-state index in [0.717, 1.165) is 5.39 Å². The summed E-state index contributed by atoms with van der Waals surface area (Å²) in [6, 6.07) is 14.2. The average Bonchev–Trinajstić information content (AvgIpc) is 2.67. The molecule has 2 aromatic carbocycles. The predicted octanol–water partition coefficient (Wildman–Crippen LogP) is 3.13. The molecule has 0 spiro atoms. The van der Waals surface area contributed by atoms with Gasteiger partial charge in [-0.2, -0.15) is 0 Å². The largest absolute Gasteiger partial charge is 0.505 e. The monoisotopic (exact) mass is 349 g/mol. The van der Waals surface area contributed by atoms with Crippen LogP contribution in [0.2, 0.25) is 0 Å². The lowest BCUT2D eigenvalue weighted by Crippen LogP contribution is -2.27. The quantitative estimate of drug-likeness (QED) is 0.557. The highest BCUT2D eigenvalue weighted by atomic mass is 16.6. The second-order valence-corrected chi connectivity index (χ2v) is 5.87. The lowest BCUT2D eigenvalue weighted by molar-refractivity contribution is -0.432. The van der Waals surface area contributed by atoms with E-state index in [2.05, 4.69) is 10.3 Å². The van der Waals surface area contributed by atoms with Crippen molar-refractivity contribution in [3.63, 3.8) is 0 Å². The molecule has 0 radical (unpaired) electrons. The maximum absolute atomic E-state index is 11.8. The molecular weight excluding hydrogens is 334 g/mol. The Balaban J connectivity index is 2.03. The van der Waals surface area contributed by atoms with Crippen molar-refractivity contribution in [2.45, 2.75) is 5.92 Å². The number of hydrogen-bond donors (Lipinski definition) is 2. The number of phenolic OH excluding ortho intramolecular Hbond substituents is 1. The predicted molar refractivity (Wildman–Crippen MR) is 95.4 cm³/mol. The Morgan fingerprint density at radius 3 is 2.73 bits per heavy atom. The van der Waals surface area contributed by atoms with Crippen LogP contribution in [0.4, 0.5) is 0 Å². The number of para-hydroxylation sites is 1. The smallest absolute Gasteiger partial charge is 0.317 e. The fraction of sp³-hybridized carbons (Fsp3) is 0.105. The van der Waals surface area contributed by atoms with Crippen molar-refractivity contribution in [2.75, 3.05) is 7.05 Å². The van der Waals surface area contributed by atoms with Gasteiger partial charge in [-0.1, -0.05) is 36.4 Å². The summed E-state index contributed by atoms with van der Waals surface area (Å²) in [7, 11) is 1.56. The molecule has 0 amide bonds. The van der Waals surface area contributed by atoms with Gasteiger partial charge in [-0.15, -0.1) is 0 Å². The molecule has 7 heteroatoms. The van der Waals surface area contributed by atoms with Crippen molar-refractivity contribution >= 4 is 10.9 Å². The van der Waals surface area contributed by atoms with Gasteiger partial charge in [0, 0.05) is 29.8 Å². The summed E-state index contributed by atoms with van der Waals surface area (Å²) >= 11 is 0. The lowest BCUT2D eigenvalue weighted by Gasteiger charge is -2.26. The number of fused-ring (bicyclic) bond motifs is 2. The first-order chi connectivity index (χ1) is 12.6. The van der Waals surface area contributed by atoms with Crippen LogP contribution < -0.4 is 10.1 Å². The number of rotatable bonds is 3. The summed E-state index contributed by atoms with van der Waals surface area (Å²) in [5.74, 6) is -0.296. The summed E-state index contributed by atoms with van der Waals surface area (Å²) in [6.07, 6.45) is 1.58. The standard InChI is InChI=1S/C19H15N3O4/c1-20-19-17(22(24)25)15(12-6-2-3-7-14(12)26-19)13-9-8-11-5-4-10-21-16(11)18(13)23/h2-10,15,20,23H,1H3. The third-order valence-corrected chi connectivity index (χ3v) is 4.46. The first-order valence-corrected chi connectivity index (χ1v) is 8.01. The highest BCUT2D eigenvalue weighted by Crippen LogP contribution is 2.46. The summed E-state index contributed by atoms with van der Waals surface area (Å²) in [4.78, 5) is 15.6. The van der Waals surface area contributed by atoms with Crippen LogP contribution in [0.15, 0.2) is 66.3 Å². The molecule has 0 saturated carbocycles. The number of aromatic hydroxyl groups is 1. The minimum absolute atomic E-state index is 0.0548. The SMILES string of the molecule is CNC1=C([N+](=O)[O-])C(c2ccc3cccnc3c2O)c2ccccc2O1. The Bertz CT molecular complexity index is 1060. The fourth-order valence-electron chi connectivity index (χ4n) is 3.31. The Hall–Kier alpha value is -3.61. The van der Waals surface area contributed by atoms with Gasteiger partial charge in [0.15, 0.2) is 0 Å². The fourth-order valence-corrected chi connectivity index (χ4v) is 3.31. The summed E-state index contributed by atoms with van der Waals surface area (Å²) < 4.78 is 5.66. The maximum atomic E-state index is 11.8. The van der Waals surface area contributed by atoms with E-state index in [4.69, 9.17) is 4.74 Å². The minimum atomic E-state index is -0.788. The molecule has 4 rings (SSSR count). The van der Waals surface area contributed by atoms with E-state index in [1.165, 1.54) is 0 Å². The van der Waals surface area contributed by atoms with Crippen molar-refractivity contribution in [1.29, 1.82) is 0 Å². The molecule has 1 aliphatic rings. The number of allylic oxidation sites excluding steroid dienone is 1. The molecule has 1 unspecified atom stereocenters. The van der Waals surface area contributed by atoms with E-state index in [9.17, 15) is 15.2 Å². The van der Waals surface area contributed by atoms with E-state index in [1.807, 2.05) is 6.07 Å². The van der Waals surface area contributed by atoms with E-state index in [0.29, 0.717) is 22.4 Å². The lowest BCUT2D eigenvalue weighted by atomic mass is 9.85. The van der Waals surface area contributed by atoms with Gasteiger partial charge in [0.2, 0.25) is 0 Å². The van der Waals surface area contributed by atoms with Crippen LogP contribution >= 0.6 is 0 Å². The van der Waals surface area contributed by atoms with Gasteiger partial charge in [-0.25, -0.2) is 0 Å². The zero-order chi connectivity index (χ0) is 18.3. The molecule has 0 fully saturated rings. The molecular formula is C19H15N3O4. The molecule has 7 nitrogen and oxygen atoms in total. The molecule has 1 atom stereocenters. The first-order valence-electron chi connectivity index (χ1n) is 8.01. The molecule has 130 valence electrons. The highest BCUT2D eigenvalue weighted by molar-refractivity contribution is 5.86. The van der Waals surface area contributed by atoms with Crippen molar-refractivity contribution in [3.8, 4) is 11.5 Å². The molecule has 1 aliphatic heterocycles. The number of nitrogens with zero attached hydrogens (tertiary/aromatic N) is 2. The normalized spacial score (nSPS) is 16.1. The zero-order valence-electron chi connectivity index (χ0n) is 13.8. The van der Waals surface area contributed by atoms with Crippen LogP contribution in [0.25, 0.3) is 10.9 Å². The van der Waals surface area contributed by atoms with Gasteiger partial charge in [0.1, 0.15) is 22.9 Å². The van der Waals surface area contributed by atoms with E-state index < -0.39 is 10.8 Å². The van der Waals surface area contributed by atoms with Crippen molar-refractivity contribution in [1.82, 2.24) is 10.3 Å². The van der Waals surface area contributed by atoms with Crippen LogP contribution in [-0.2, 0) is 0 Å². The molecule has 2 N–H and O–H groups in total. The van der Waals surface area contributed by atoms with Crippen molar-refractivity contribution in [3.05, 3.63) is 87.5 Å². The molecule has 0 saturated heterocycles. The molecule has 2 heterocycles. The summed E-state index contributed by atoms with van der Waals surface area (Å²) in [5, 5.41) is 26.1. The highest BCUT2D eigenvalue weighted by Gasteiger charge is 2.40. The van der Waals surface area contributed by atoms with Crippen molar-refractivity contribution in [2.24, 2.45) is 0 Å².